The van der Waals surface area contributed by atoms with Crippen LogP contribution in [0.25, 0.3) is 11.4 Å². The Morgan fingerprint density at radius 3 is 2.70 bits per heavy atom. The maximum absolute atomic E-state index is 9.33. The van der Waals surface area contributed by atoms with E-state index in [1.54, 1.807) is 29.5 Å². The molecule has 2 aromatic heterocycles. The number of rotatable bonds is 4. The number of hydrogen-bond acceptors (Lipinski definition) is 3. The number of nitriles is 1. The van der Waals surface area contributed by atoms with E-state index < -0.39 is 0 Å². The van der Waals surface area contributed by atoms with Gasteiger partial charge in [0.25, 0.3) is 0 Å². The van der Waals surface area contributed by atoms with Gasteiger partial charge in [-0.1, -0.05) is 30.3 Å². The highest BCUT2D eigenvalue weighted by molar-refractivity contribution is 5.55. The molecule has 0 bridgehead atoms. The van der Waals surface area contributed by atoms with Gasteiger partial charge in [0.05, 0.1) is 18.9 Å². The third kappa shape index (κ3) is 2.31. The summed E-state index contributed by atoms with van der Waals surface area (Å²) < 4.78 is 3.79. The third-order valence-corrected chi connectivity index (χ3v) is 3.15. The number of hydrogen-bond donors (Lipinski definition) is 0. The van der Waals surface area contributed by atoms with Crippen LogP contribution in [0.5, 0.6) is 0 Å². The van der Waals surface area contributed by atoms with Crippen LogP contribution in [0.4, 0.5) is 0 Å². The van der Waals surface area contributed by atoms with Gasteiger partial charge in [-0.2, -0.15) is 5.26 Å². The first-order chi connectivity index (χ1) is 9.88. The maximum Gasteiger partial charge on any atom is 0.139 e. The molecule has 0 saturated carbocycles. The van der Waals surface area contributed by atoms with Gasteiger partial charge in [0.1, 0.15) is 11.9 Å². The van der Waals surface area contributed by atoms with Crippen LogP contribution in [0, 0.1) is 11.3 Å². The molecule has 0 fully saturated rings. The molecule has 5 heteroatoms. The first-order valence-corrected chi connectivity index (χ1v) is 6.32. The maximum atomic E-state index is 9.33. The highest BCUT2D eigenvalue weighted by Gasteiger charge is 2.13. The molecule has 0 spiro atoms. The molecular formula is C15H13N5. The fourth-order valence-electron chi connectivity index (χ4n) is 2.15. The molecule has 0 aliphatic carbocycles. The Hall–Kier alpha value is -2.87. The summed E-state index contributed by atoms with van der Waals surface area (Å²) in [6, 6.07) is 12.0. The number of nitrogens with zero attached hydrogens (tertiary/aromatic N) is 5. The number of aromatic nitrogens is 4. The molecule has 0 aliphatic rings. The van der Waals surface area contributed by atoms with Crippen LogP contribution in [-0.4, -0.2) is 19.1 Å². The Bertz CT molecular complexity index is 706. The lowest BCUT2D eigenvalue weighted by atomic mass is 10.2. The van der Waals surface area contributed by atoms with E-state index in [1.165, 1.54) is 0 Å². The highest BCUT2D eigenvalue weighted by Crippen LogP contribution is 2.19. The average Bonchev–Trinajstić information content (AvgIpc) is 3.17. The summed E-state index contributed by atoms with van der Waals surface area (Å²) in [4.78, 5) is 8.37. The minimum atomic E-state index is -0.297. The quantitative estimate of drug-likeness (QED) is 0.726. The van der Waals surface area contributed by atoms with Crippen molar-refractivity contribution in [2.75, 3.05) is 0 Å². The van der Waals surface area contributed by atoms with Crippen molar-refractivity contribution in [2.45, 2.75) is 12.6 Å². The van der Waals surface area contributed by atoms with Gasteiger partial charge in [-0.25, -0.2) is 9.97 Å². The normalized spacial score (nSPS) is 11.9. The van der Waals surface area contributed by atoms with Gasteiger partial charge in [0.15, 0.2) is 0 Å². The van der Waals surface area contributed by atoms with Crippen LogP contribution in [-0.2, 0) is 6.54 Å². The van der Waals surface area contributed by atoms with Crippen LogP contribution in [0.1, 0.15) is 6.04 Å². The van der Waals surface area contributed by atoms with Crippen LogP contribution in [0.15, 0.2) is 61.4 Å². The second kappa shape index (κ2) is 5.41. The average molecular weight is 263 g/mol. The molecule has 3 aromatic rings. The van der Waals surface area contributed by atoms with Gasteiger partial charge in [-0.15, -0.1) is 0 Å². The van der Waals surface area contributed by atoms with Crippen molar-refractivity contribution in [1.29, 1.82) is 5.26 Å². The Labute approximate surface area is 116 Å². The molecule has 1 unspecified atom stereocenters. The zero-order valence-corrected chi connectivity index (χ0v) is 10.8. The fraction of sp³-hybridized carbons (Fsp3) is 0.133. The SMILES string of the molecule is N#CC(Cn1ccnc1-c1ccccc1)n1ccnc1. The molecule has 5 nitrogen and oxygen atoms in total. The Kier molecular flexibility index (Phi) is 3.29. The largest absolute Gasteiger partial charge is 0.328 e. The van der Waals surface area contributed by atoms with Crippen molar-refractivity contribution < 1.29 is 0 Å². The fourth-order valence-corrected chi connectivity index (χ4v) is 2.15. The van der Waals surface area contributed by atoms with Crippen molar-refractivity contribution in [2.24, 2.45) is 0 Å². The molecule has 0 amide bonds. The lowest BCUT2D eigenvalue weighted by Crippen LogP contribution is -2.13. The van der Waals surface area contributed by atoms with Crippen molar-refractivity contribution in [3.63, 3.8) is 0 Å². The van der Waals surface area contributed by atoms with E-state index in [2.05, 4.69) is 16.0 Å². The summed E-state index contributed by atoms with van der Waals surface area (Å²) in [6.07, 6.45) is 8.78. The summed E-state index contributed by atoms with van der Waals surface area (Å²) in [6.45, 7) is 0.539. The van der Waals surface area contributed by atoms with E-state index in [1.807, 2.05) is 41.1 Å². The summed E-state index contributed by atoms with van der Waals surface area (Å²) in [7, 11) is 0. The molecule has 0 aliphatic heterocycles. The van der Waals surface area contributed by atoms with E-state index in [-0.39, 0.29) is 6.04 Å². The molecule has 0 N–H and O–H groups in total. The van der Waals surface area contributed by atoms with Crippen molar-refractivity contribution in [3.8, 4) is 17.5 Å². The van der Waals surface area contributed by atoms with Crippen LogP contribution in [0.2, 0.25) is 0 Å². The Balaban J connectivity index is 1.89. The smallest absolute Gasteiger partial charge is 0.139 e. The first-order valence-electron chi connectivity index (χ1n) is 6.32. The molecule has 0 saturated heterocycles. The van der Waals surface area contributed by atoms with Crippen molar-refractivity contribution >= 4 is 0 Å². The van der Waals surface area contributed by atoms with Crippen LogP contribution < -0.4 is 0 Å². The van der Waals surface area contributed by atoms with Gasteiger partial charge in [0.2, 0.25) is 0 Å². The molecular weight excluding hydrogens is 250 g/mol. The van der Waals surface area contributed by atoms with Gasteiger partial charge in [-0.05, 0) is 0 Å². The van der Waals surface area contributed by atoms with Crippen LogP contribution >= 0.6 is 0 Å². The van der Waals surface area contributed by atoms with E-state index in [0.717, 1.165) is 11.4 Å². The second-order valence-corrected chi connectivity index (χ2v) is 4.42. The van der Waals surface area contributed by atoms with E-state index in [0.29, 0.717) is 6.54 Å². The molecule has 1 atom stereocenters. The van der Waals surface area contributed by atoms with Crippen LogP contribution in [0.3, 0.4) is 0 Å². The van der Waals surface area contributed by atoms with Crippen molar-refractivity contribution in [1.82, 2.24) is 19.1 Å². The molecule has 20 heavy (non-hydrogen) atoms. The molecule has 3 rings (SSSR count). The lowest BCUT2D eigenvalue weighted by molar-refractivity contribution is 0.519. The second-order valence-electron chi connectivity index (χ2n) is 4.42. The molecule has 1 aromatic carbocycles. The van der Waals surface area contributed by atoms with E-state index in [9.17, 15) is 5.26 Å². The minimum Gasteiger partial charge on any atom is -0.328 e. The highest BCUT2D eigenvalue weighted by atomic mass is 15.1. The predicted octanol–water partition coefficient (Wildman–Crippen LogP) is 2.51. The molecule has 2 heterocycles. The summed E-state index contributed by atoms with van der Waals surface area (Å²) in [5, 5.41) is 9.33. The van der Waals surface area contributed by atoms with Gasteiger partial charge >= 0.3 is 0 Å². The van der Waals surface area contributed by atoms with Gasteiger partial charge < -0.3 is 9.13 Å². The van der Waals surface area contributed by atoms with Gasteiger partial charge in [0, 0.05) is 30.4 Å². The van der Waals surface area contributed by atoms with E-state index in [4.69, 9.17) is 0 Å². The zero-order chi connectivity index (χ0) is 13.8. The number of imidazole rings is 2. The third-order valence-electron chi connectivity index (χ3n) is 3.15. The topological polar surface area (TPSA) is 59.4 Å². The number of benzene rings is 1. The van der Waals surface area contributed by atoms with E-state index >= 15 is 0 Å². The standard InChI is InChI=1S/C15H13N5/c16-10-14(20-8-6-17-12-20)11-19-9-7-18-15(19)13-4-2-1-3-5-13/h1-9,12,14H,11H2. The Morgan fingerprint density at radius 2 is 2.00 bits per heavy atom. The lowest BCUT2D eigenvalue weighted by Gasteiger charge is -2.13. The predicted molar refractivity (Wildman–Crippen MR) is 74.5 cm³/mol. The summed E-state index contributed by atoms with van der Waals surface area (Å²) in [5.74, 6) is 0.867. The summed E-state index contributed by atoms with van der Waals surface area (Å²) >= 11 is 0. The molecule has 98 valence electrons. The monoisotopic (exact) mass is 263 g/mol. The zero-order valence-electron chi connectivity index (χ0n) is 10.8. The Morgan fingerprint density at radius 1 is 1.15 bits per heavy atom. The summed E-state index contributed by atoms with van der Waals surface area (Å²) in [5.41, 5.74) is 1.04. The van der Waals surface area contributed by atoms with Gasteiger partial charge in [-0.3, -0.25) is 0 Å². The first kappa shape index (κ1) is 12.2. The minimum absolute atomic E-state index is 0.297. The van der Waals surface area contributed by atoms with Crippen molar-refractivity contribution in [3.05, 3.63) is 61.4 Å². The molecule has 0 radical (unpaired) electrons.